The van der Waals surface area contributed by atoms with Gasteiger partial charge in [-0.1, -0.05) is 19.1 Å². The second-order valence-electron chi connectivity index (χ2n) is 4.28. The molecule has 2 aromatic rings. The summed E-state index contributed by atoms with van der Waals surface area (Å²) in [6.45, 7) is 3.43. The van der Waals surface area contributed by atoms with E-state index in [2.05, 4.69) is 15.7 Å². The molecular formula is C14H18N4O. The second kappa shape index (κ2) is 6.58. The van der Waals surface area contributed by atoms with Crippen LogP contribution in [0, 0.1) is 0 Å². The molecule has 19 heavy (non-hydrogen) atoms. The first-order valence-electron chi connectivity index (χ1n) is 6.39. The van der Waals surface area contributed by atoms with Crippen LogP contribution in [0.2, 0.25) is 0 Å². The van der Waals surface area contributed by atoms with Crippen molar-refractivity contribution in [3.63, 3.8) is 0 Å². The Balaban J connectivity index is 1.89. The molecule has 100 valence electrons. The van der Waals surface area contributed by atoms with Crippen LogP contribution in [-0.4, -0.2) is 22.4 Å². The molecule has 5 nitrogen and oxygen atoms in total. The average molecular weight is 258 g/mol. The van der Waals surface area contributed by atoms with Crippen LogP contribution >= 0.6 is 0 Å². The quantitative estimate of drug-likeness (QED) is 0.865. The van der Waals surface area contributed by atoms with Gasteiger partial charge in [-0.25, -0.2) is 4.79 Å². The first-order valence-corrected chi connectivity index (χ1v) is 6.39. The molecule has 5 heteroatoms. The number of anilines is 1. The highest BCUT2D eigenvalue weighted by Crippen LogP contribution is 2.10. The Morgan fingerprint density at radius 3 is 2.74 bits per heavy atom. The third-order valence-corrected chi connectivity index (χ3v) is 2.65. The van der Waals surface area contributed by atoms with Gasteiger partial charge in [-0.05, 0) is 30.2 Å². The average Bonchev–Trinajstić information content (AvgIpc) is 2.91. The summed E-state index contributed by atoms with van der Waals surface area (Å²) < 4.78 is 1.86. The molecule has 2 rings (SSSR count). The highest BCUT2D eigenvalue weighted by molar-refractivity contribution is 5.89. The summed E-state index contributed by atoms with van der Waals surface area (Å²) in [7, 11) is 0. The van der Waals surface area contributed by atoms with Crippen molar-refractivity contribution in [2.24, 2.45) is 0 Å². The number of benzene rings is 1. The molecule has 0 unspecified atom stereocenters. The molecule has 1 aromatic carbocycles. The molecule has 0 aliphatic rings. The number of aromatic nitrogens is 2. The normalized spacial score (nSPS) is 10.2. The van der Waals surface area contributed by atoms with Crippen molar-refractivity contribution in [2.45, 2.75) is 19.9 Å². The number of urea groups is 1. The van der Waals surface area contributed by atoms with E-state index in [0.717, 1.165) is 24.2 Å². The van der Waals surface area contributed by atoms with Crippen molar-refractivity contribution in [1.29, 1.82) is 0 Å². The predicted octanol–water partition coefficient (Wildman–Crippen LogP) is 2.46. The number of nitrogens with zero attached hydrogens (tertiary/aromatic N) is 2. The van der Waals surface area contributed by atoms with Crippen LogP contribution in [0.15, 0.2) is 42.7 Å². The zero-order valence-corrected chi connectivity index (χ0v) is 11.0. The van der Waals surface area contributed by atoms with Crippen LogP contribution in [0.5, 0.6) is 0 Å². The lowest BCUT2D eigenvalue weighted by Crippen LogP contribution is -2.29. The largest absolute Gasteiger partial charge is 0.338 e. The summed E-state index contributed by atoms with van der Waals surface area (Å²) in [6.07, 6.45) is 4.61. The van der Waals surface area contributed by atoms with Crippen molar-refractivity contribution in [3.8, 4) is 0 Å². The van der Waals surface area contributed by atoms with Gasteiger partial charge in [-0.3, -0.25) is 4.68 Å². The van der Waals surface area contributed by atoms with Crippen molar-refractivity contribution in [3.05, 3.63) is 48.3 Å². The first kappa shape index (κ1) is 13.1. The lowest BCUT2D eigenvalue weighted by atomic mass is 10.2. The number of rotatable bonds is 5. The maximum atomic E-state index is 11.5. The Morgan fingerprint density at radius 2 is 2.11 bits per heavy atom. The molecule has 1 heterocycles. The summed E-state index contributed by atoms with van der Waals surface area (Å²) in [6, 6.07) is 9.48. The number of hydrogen-bond acceptors (Lipinski definition) is 2. The van der Waals surface area contributed by atoms with Gasteiger partial charge in [0.15, 0.2) is 0 Å². The molecule has 0 saturated carbocycles. The Bertz CT molecular complexity index is 505. The van der Waals surface area contributed by atoms with E-state index in [1.807, 2.05) is 48.1 Å². The predicted molar refractivity (Wildman–Crippen MR) is 75.1 cm³/mol. The van der Waals surface area contributed by atoms with Crippen LogP contribution in [0.4, 0.5) is 10.5 Å². The Morgan fingerprint density at radius 1 is 1.32 bits per heavy atom. The maximum Gasteiger partial charge on any atom is 0.319 e. The van der Waals surface area contributed by atoms with E-state index in [-0.39, 0.29) is 6.03 Å². The van der Waals surface area contributed by atoms with E-state index >= 15 is 0 Å². The van der Waals surface area contributed by atoms with E-state index < -0.39 is 0 Å². The Hall–Kier alpha value is -2.30. The minimum atomic E-state index is -0.165. The van der Waals surface area contributed by atoms with E-state index in [0.29, 0.717) is 6.54 Å². The number of nitrogens with one attached hydrogen (secondary N) is 2. The zero-order chi connectivity index (χ0) is 13.5. The number of carbonyl (C=O) groups excluding carboxylic acids is 1. The Kier molecular flexibility index (Phi) is 4.55. The van der Waals surface area contributed by atoms with Gasteiger partial charge in [0.2, 0.25) is 0 Å². The smallest absolute Gasteiger partial charge is 0.319 e. The third kappa shape index (κ3) is 4.13. The molecule has 0 spiro atoms. The molecule has 0 radical (unpaired) electrons. The van der Waals surface area contributed by atoms with Gasteiger partial charge in [0.05, 0.1) is 6.54 Å². The SMILES string of the molecule is CCCNC(=O)Nc1ccc(Cn2cccn2)cc1. The van der Waals surface area contributed by atoms with Gasteiger partial charge in [0.1, 0.15) is 0 Å². The molecular weight excluding hydrogens is 240 g/mol. The van der Waals surface area contributed by atoms with Gasteiger partial charge in [0, 0.05) is 24.6 Å². The molecule has 0 saturated heterocycles. The molecule has 0 atom stereocenters. The van der Waals surface area contributed by atoms with Crippen LogP contribution in [0.25, 0.3) is 0 Å². The highest BCUT2D eigenvalue weighted by atomic mass is 16.2. The van der Waals surface area contributed by atoms with E-state index in [9.17, 15) is 4.79 Å². The highest BCUT2D eigenvalue weighted by Gasteiger charge is 2.00. The van der Waals surface area contributed by atoms with Gasteiger partial charge in [0.25, 0.3) is 0 Å². The summed E-state index contributed by atoms with van der Waals surface area (Å²) >= 11 is 0. The van der Waals surface area contributed by atoms with Crippen LogP contribution < -0.4 is 10.6 Å². The van der Waals surface area contributed by atoms with Crippen molar-refractivity contribution in [2.75, 3.05) is 11.9 Å². The fourth-order valence-corrected chi connectivity index (χ4v) is 1.69. The zero-order valence-electron chi connectivity index (χ0n) is 11.0. The van der Waals surface area contributed by atoms with Gasteiger partial charge >= 0.3 is 6.03 Å². The Labute approximate surface area is 112 Å². The van der Waals surface area contributed by atoms with Crippen molar-refractivity contribution >= 4 is 11.7 Å². The number of carbonyl (C=O) groups is 1. The molecule has 1 aromatic heterocycles. The number of amides is 2. The summed E-state index contributed by atoms with van der Waals surface area (Å²) in [5.74, 6) is 0. The lowest BCUT2D eigenvalue weighted by Gasteiger charge is -2.07. The fraction of sp³-hybridized carbons (Fsp3) is 0.286. The van der Waals surface area contributed by atoms with Crippen molar-refractivity contribution < 1.29 is 4.79 Å². The molecule has 0 fully saturated rings. The standard InChI is InChI=1S/C14H18N4O/c1-2-8-15-14(19)17-13-6-4-12(5-7-13)11-18-10-3-9-16-18/h3-7,9-10H,2,8,11H2,1H3,(H2,15,17,19). The molecule has 0 bridgehead atoms. The minimum Gasteiger partial charge on any atom is -0.338 e. The first-order chi connectivity index (χ1) is 9.28. The van der Waals surface area contributed by atoms with Crippen molar-refractivity contribution in [1.82, 2.24) is 15.1 Å². The van der Waals surface area contributed by atoms with E-state index in [1.165, 1.54) is 0 Å². The second-order valence-corrected chi connectivity index (χ2v) is 4.28. The van der Waals surface area contributed by atoms with E-state index in [4.69, 9.17) is 0 Å². The molecule has 0 aliphatic heterocycles. The van der Waals surface area contributed by atoms with Gasteiger partial charge < -0.3 is 10.6 Å². The topological polar surface area (TPSA) is 59.0 Å². The summed E-state index contributed by atoms with van der Waals surface area (Å²) in [5, 5.41) is 9.71. The molecule has 2 amide bonds. The third-order valence-electron chi connectivity index (χ3n) is 2.65. The minimum absolute atomic E-state index is 0.165. The lowest BCUT2D eigenvalue weighted by molar-refractivity contribution is 0.252. The molecule has 0 aliphatic carbocycles. The number of hydrogen-bond donors (Lipinski definition) is 2. The van der Waals surface area contributed by atoms with Crippen LogP contribution in [0.3, 0.4) is 0 Å². The van der Waals surface area contributed by atoms with E-state index in [1.54, 1.807) is 6.20 Å². The monoisotopic (exact) mass is 258 g/mol. The summed E-state index contributed by atoms with van der Waals surface area (Å²) in [5.41, 5.74) is 1.93. The fourth-order valence-electron chi connectivity index (χ4n) is 1.69. The van der Waals surface area contributed by atoms with Crippen LogP contribution in [0.1, 0.15) is 18.9 Å². The van der Waals surface area contributed by atoms with Gasteiger partial charge in [-0.2, -0.15) is 5.10 Å². The molecule has 2 N–H and O–H groups in total. The maximum absolute atomic E-state index is 11.5. The van der Waals surface area contributed by atoms with Crippen LogP contribution in [-0.2, 0) is 6.54 Å². The van der Waals surface area contributed by atoms with Gasteiger partial charge in [-0.15, -0.1) is 0 Å². The summed E-state index contributed by atoms with van der Waals surface area (Å²) in [4.78, 5) is 11.5.